The van der Waals surface area contributed by atoms with Crippen LogP contribution in [0.3, 0.4) is 0 Å². The molecule has 90 valence electrons. The van der Waals surface area contributed by atoms with Gasteiger partial charge in [-0.15, -0.1) is 0 Å². The largest absolute Gasteiger partial charge is 0.352 e. The quantitative estimate of drug-likeness (QED) is 0.681. The molecule has 0 saturated heterocycles. The highest BCUT2D eigenvalue weighted by Gasteiger charge is 2.16. The molecule has 0 aromatic heterocycles. The molecule has 0 aliphatic rings. The molecule has 3 heteroatoms. The monoisotopic (exact) mass is 214 g/mol. The molecule has 3 nitrogen and oxygen atoms in total. The summed E-state index contributed by atoms with van der Waals surface area (Å²) in [7, 11) is 0. The van der Waals surface area contributed by atoms with Crippen LogP contribution in [0.4, 0.5) is 0 Å². The molecular formula is C12H26N2O. The average molecular weight is 214 g/mol. The topological polar surface area (TPSA) is 55.1 Å². The maximum absolute atomic E-state index is 11.6. The minimum Gasteiger partial charge on any atom is -0.352 e. The smallest absolute Gasteiger partial charge is 0.237 e. The van der Waals surface area contributed by atoms with Crippen LogP contribution in [-0.2, 0) is 4.79 Å². The Morgan fingerprint density at radius 1 is 1.33 bits per heavy atom. The lowest BCUT2D eigenvalue weighted by atomic mass is 10.0. The van der Waals surface area contributed by atoms with Gasteiger partial charge in [0.2, 0.25) is 5.91 Å². The Morgan fingerprint density at radius 3 is 2.40 bits per heavy atom. The van der Waals surface area contributed by atoms with E-state index in [1.54, 1.807) is 0 Å². The number of carbonyl (C=O) groups is 1. The molecule has 0 radical (unpaired) electrons. The highest BCUT2D eigenvalue weighted by Crippen LogP contribution is 2.04. The number of hydrogen-bond acceptors (Lipinski definition) is 2. The van der Waals surface area contributed by atoms with Gasteiger partial charge in [0, 0.05) is 6.04 Å². The molecule has 2 unspecified atom stereocenters. The number of unbranched alkanes of at least 4 members (excludes halogenated alkanes) is 1. The van der Waals surface area contributed by atoms with Crippen molar-refractivity contribution >= 4 is 5.91 Å². The first-order chi connectivity index (χ1) is 6.97. The van der Waals surface area contributed by atoms with E-state index in [4.69, 9.17) is 5.73 Å². The van der Waals surface area contributed by atoms with E-state index in [9.17, 15) is 4.79 Å². The van der Waals surface area contributed by atoms with Crippen LogP contribution < -0.4 is 11.1 Å². The highest BCUT2D eigenvalue weighted by molar-refractivity contribution is 5.81. The molecule has 0 heterocycles. The van der Waals surface area contributed by atoms with Crippen LogP contribution in [0, 0.1) is 5.92 Å². The van der Waals surface area contributed by atoms with Crippen LogP contribution in [0.2, 0.25) is 0 Å². The van der Waals surface area contributed by atoms with E-state index in [-0.39, 0.29) is 18.0 Å². The van der Waals surface area contributed by atoms with E-state index in [0.717, 1.165) is 25.7 Å². The van der Waals surface area contributed by atoms with Gasteiger partial charge in [-0.3, -0.25) is 4.79 Å². The van der Waals surface area contributed by atoms with Gasteiger partial charge in [0.05, 0.1) is 6.04 Å². The van der Waals surface area contributed by atoms with Crippen molar-refractivity contribution in [2.24, 2.45) is 11.7 Å². The molecule has 0 aromatic rings. The Labute approximate surface area is 93.8 Å². The van der Waals surface area contributed by atoms with Crippen molar-refractivity contribution in [1.29, 1.82) is 0 Å². The maximum atomic E-state index is 11.6. The van der Waals surface area contributed by atoms with Gasteiger partial charge in [0.15, 0.2) is 0 Å². The van der Waals surface area contributed by atoms with E-state index >= 15 is 0 Å². The molecule has 3 N–H and O–H groups in total. The summed E-state index contributed by atoms with van der Waals surface area (Å²) in [5.74, 6) is 0.462. The van der Waals surface area contributed by atoms with Crippen molar-refractivity contribution in [2.45, 2.75) is 65.5 Å². The summed E-state index contributed by atoms with van der Waals surface area (Å²) in [4.78, 5) is 11.6. The van der Waals surface area contributed by atoms with Crippen molar-refractivity contribution in [1.82, 2.24) is 5.32 Å². The van der Waals surface area contributed by atoms with Crippen LogP contribution in [0.15, 0.2) is 0 Å². The van der Waals surface area contributed by atoms with Gasteiger partial charge in [-0.2, -0.15) is 0 Å². The summed E-state index contributed by atoms with van der Waals surface area (Å²) >= 11 is 0. The second-order valence-corrected chi connectivity index (χ2v) is 4.79. The van der Waals surface area contributed by atoms with Crippen molar-refractivity contribution in [3.05, 3.63) is 0 Å². The summed E-state index contributed by atoms with van der Waals surface area (Å²) in [6.45, 7) is 8.34. The van der Waals surface area contributed by atoms with E-state index in [1.165, 1.54) is 0 Å². The SMILES string of the molecule is CCCCC(C)NC(=O)C(N)CC(C)C. The Bertz CT molecular complexity index is 180. The van der Waals surface area contributed by atoms with E-state index in [0.29, 0.717) is 5.92 Å². The Morgan fingerprint density at radius 2 is 1.93 bits per heavy atom. The number of rotatable bonds is 7. The lowest BCUT2D eigenvalue weighted by Crippen LogP contribution is -2.44. The number of amides is 1. The minimum absolute atomic E-state index is 0.00713. The third-order valence-electron chi connectivity index (χ3n) is 2.44. The zero-order chi connectivity index (χ0) is 11.8. The van der Waals surface area contributed by atoms with Gasteiger partial charge in [-0.05, 0) is 25.7 Å². The second kappa shape index (κ2) is 7.69. The lowest BCUT2D eigenvalue weighted by Gasteiger charge is -2.18. The molecule has 1 amide bonds. The molecule has 0 saturated carbocycles. The highest BCUT2D eigenvalue weighted by atomic mass is 16.2. The van der Waals surface area contributed by atoms with Crippen LogP contribution in [0.5, 0.6) is 0 Å². The Balaban J connectivity index is 3.80. The van der Waals surface area contributed by atoms with Gasteiger partial charge in [0.25, 0.3) is 0 Å². The molecule has 0 aliphatic heterocycles. The molecular weight excluding hydrogens is 188 g/mol. The fourth-order valence-electron chi connectivity index (χ4n) is 1.55. The summed E-state index contributed by atoms with van der Waals surface area (Å²) in [6, 6.07) is -0.107. The third-order valence-corrected chi connectivity index (χ3v) is 2.44. The van der Waals surface area contributed by atoms with Gasteiger partial charge >= 0.3 is 0 Å². The second-order valence-electron chi connectivity index (χ2n) is 4.79. The third kappa shape index (κ3) is 7.37. The Hall–Kier alpha value is -0.570. The van der Waals surface area contributed by atoms with Gasteiger partial charge in [0.1, 0.15) is 0 Å². The summed E-state index contributed by atoms with van der Waals surface area (Å²) < 4.78 is 0. The first-order valence-corrected chi connectivity index (χ1v) is 6.03. The first kappa shape index (κ1) is 14.4. The van der Waals surface area contributed by atoms with Crippen LogP contribution in [-0.4, -0.2) is 18.0 Å². The predicted molar refractivity (Wildman–Crippen MR) is 64.6 cm³/mol. The molecule has 0 aliphatic carbocycles. The van der Waals surface area contributed by atoms with Gasteiger partial charge < -0.3 is 11.1 Å². The normalized spacial score (nSPS) is 15.1. The summed E-state index contributed by atoms with van der Waals surface area (Å²) in [5.41, 5.74) is 5.78. The van der Waals surface area contributed by atoms with Gasteiger partial charge in [-0.25, -0.2) is 0 Å². The fourth-order valence-corrected chi connectivity index (χ4v) is 1.55. The Kier molecular flexibility index (Phi) is 7.39. The van der Waals surface area contributed by atoms with E-state index < -0.39 is 0 Å². The number of nitrogens with two attached hydrogens (primary N) is 1. The van der Waals surface area contributed by atoms with Crippen molar-refractivity contribution in [2.75, 3.05) is 0 Å². The zero-order valence-corrected chi connectivity index (χ0v) is 10.5. The lowest BCUT2D eigenvalue weighted by molar-refractivity contribution is -0.123. The zero-order valence-electron chi connectivity index (χ0n) is 10.5. The average Bonchev–Trinajstić information content (AvgIpc) is 2.13. The molecule has 0 aromatic carbocycles. The van der Waals surface area contributed by atoms with E-state index in [2.05, 4.69) is 26.1 Å². The van der Waals surface area contributed by atoms with Crippen molar-refractivity contribution in [3.63, 3.8) is 0 Å². The number of nitrogens with one attached hydrogen (secondary N) is 1. The number of carbonyl (C=O) groups excluding carboxylic acids is 1. The van der Waals surface area contributed by atoms with Crippen molar-refractivity contribution < 1.29 is 4.79 Å². The van der Waals surface area contributed by atoms with Crippen LogP contribution in [0.25, 0.3) is 0 Å². The number of hydrogen-bond donors (Lipinski definition) is 2. The molecule has 0 rings (SSSR count). The predicted octanol–water partition coefficient (Wildman–Crippen LogP) is 2.05. The first-order valence-electron chi connectivity index (χ1n) is 6.03. The fraction of sp³-hybridized carbons (Fsp3) is 0.917. The maximum Gasteiger partial charge on any atom is 0.237 e. The standard InChI is InChI=1S/C12H26N2O/c1-5-6-7-10(4)14-12(15)11(13)8-9(2)3/h9-11H,5-8,13H2,1-4H3,(H,14,15). The molecule has 0 fully saturated rings. The summed E-state index contributed by atoms with van der Waals surface area (Å²) in [5, 5.41) is 2.96. The molecule has 0 bridgehead atoms. The molecule has 15 heavy (non-hydrogen) atoms. The van der Waals surface area contributed by atoms with Crippen LogP contribution >= 0.6 is 0 Å². The molecule has 0 spiro atoms. The molecule has 2 atom stereocenters. The van der Waals surface area contributed by atoms with Crippen molar-refractivity contribution in [3.8, 4) is 0 Å². The van der Waals surface area contributed by atoms with Crippen LogP contribution in [0.1, 0.15) is 53.4 Å². The minimum atomic E-state index is -0.353. The van der Waals surface area contributed by atoms with Gasteiger partial charge in [-0.1, -0.05) is 33.6 Å². The van der Waals surface area contributed by atoms with E-state index in [1.807, 2.05) is 6.92 Å². The summed E-state index contributed by atoms with van der Waals surface area (Å²) in [6.07, 6.45) is 4.11.